The third-order valence-electron chi connectivity index (χ3n) is 4.03. The Morgan fingerprint density at radius 3 is 2.45 bits per heavy atom. The molecule has 1 aliphatic rings. The van der Waals surface area contributed by atoms with Crippen LogP contribution < -0.4 is 13.9 Å². The zero-order valence-corrected chi connectivity index (χ0v) is 16.3. The van der Waals surface area contributed by atoms with Crippen molar-refractivity contribution < 1.29 is 32.2 Å². The molecule has 154 valence electrons. The van der Waals surface area contributed by atoms with Crippen molar-refractivity contribution in [2.24, 2.45) is 0 Å². The van der Waals surface area contributed by atoms with E-state index >= 15 is 0 Å². The highest BCUT2D eigenvalue weighted by atomic mass is 32.2. The van der Waals surface area contributed by atoms with Gasteiger partial charge in [0.2, 0.25) is 0 Å². The Labute approximate surface area is 169 Å². The maximum absolute atomic E-state index is 12.8. The molecule has 0 atom stereocenters. The summed E-state index contributed by atoms with van der Waals surface area (Å²) in [5, 5.41) is 0. The summed E-state index contributed by atoms with van der Waals surface area (Å²) in [6, 6.07) is 8.91. The van der Waals surface area contributed by atoms with Crippen LogP contribution in [0.1, 0.15) is 12.5 Å². The number of anilines is 2. The van der Waals surface area contributed by atoms with Crippen LogP contribution in [0.15, 0.2) is 47.4 Å². The van der Waals surface area contributed by atoms with Gasteiger partial charge in [-0.15, -0.1) is 0 Å². The molecule has 0 saturated heterocycles. The molecule has 0 radical (unpaired) electrons. The molecule has 0 aromatic heterocycles. The van der Waals surface area contributed by atoms with Crippen LogP contribution in [0.25, 0.3) is 0 Å². The highest BCUT2D eigenvalue weighted by molar-refractivity contribution is 8.01. The van der Waals surface area contributed by atoms with Crippen molar-refractivity contribution in [3.05, 3.63) is 48.0 Å². The lowest BCUT2D eigenvalue weighted by atomic mass is 10.2. The molecule has 0 spiro atoms. The van der Waals surface area contributed by atoms with E-state index in [0.717, 1.165) is 24.1 Å². The molecule has 2 aromatic carbocycles. The number of fused-ring (bicyclic) bond motifs is 1. The van der Waals surface area contributed by atoms with Gasteiger partial charge in [0.05, 0.1) is 28.4 Å². The maximum atomic E-state index is 12.8. The average molecular weight is 426 g/mol. The summed E-state index contributed by atoms with van der Waals surface area (Å²) in [4.78, 5) is 26.2. The van der Waals surface area contributed by atoms with E-state index in [9.17, 15) is 22.8 Å². The minimum Gasteiger partial charge on any atom is -0.482 e. The lowest BCUT2D eigenvalue weighted by Gasteiger charge is -2.33. The number of alkyl halides is 3. The Morgan fingerprint density at radius 1 is 1.14 bits per heavy atom. The van der Waals surface area contributed by atoms with Crippen LogP contribution in [0.3, 0.4) is 0 Å². The standard InChI is InChI=1S/C19H17F3N2O4S/c1-3-27-17(25)11-28-14-8-9-16-15(10-14)23(2)18(26)24(29-16)13-6-4-12(5-7-13)19(20,21)22/h4-10H,3,11H2,1-2H3. The lowest BCUT2D eigenvalue weighted by Crippen LogP contribution is -2.40. The number of carbonyl (C=O) groups excluding carboxylic acids is 2. The number of halogens is 3. The number of nitrogens with zero attached hydrogens (tertiary/aromatic N) is 2. The second-order valence-corrected chi connectivity index (χ2v) is 6.98. The van der Waals surface area contributed by atoms with Gasteiger partial charge in [0, 0.05) is 13.1 Å². The van der Waals surface area contributed by atoms with E-state index in [-0.39, 0.29) is 13.2 Å². The average Bonchev–Trinajstić information content (AvgIpc) is 2.69. The summed E-state index contributed by atoms with van der Waals surface area (Å²) < 4.78 is 49.8. The number of hydrogen-bond acceptors (Lipinski definition) is 5. The van der Waals surface area contributed by atoms with Gasteiger partial charge in [-0.05, 0) is 55.3 Å². The number of carbonyl (C=O) groups is 2. The second kappa shape index (κ2) is 8.24. The summed E-state index contributed by atoms with van der Waals surface area (Å²) in [6.07, 6.45) is -4.44. The number of benzene rings is 2. The SMILES string of the molecule is CCOC(=O)COc1ccc2c(c1)N(C)C(=O)N(c1ccc(C(F)(F)F)cc1)S2. The van der Waals surface area contributed by atoms with Gasteiger partial charge in [-0.1, -0.05) is 0 Å². The van der Waals surface area contributed by atoms with Crippen molar-refractivity contribution >= 4 is 35.3 Å². The van der Waals surface area contributed by atoms with Gasteiger partial charge < -0.3 is 9.47 Å². The van der Waals surface area contributed by atoms with E-state index in [1.165, 1.54) is 21.3 Å². The molecule has 1 heterocycles. The summed E-state index contributed by atoms with van der Waals surface area (Å²) in [5.74, 6) is -0.113. The molecule has 0 N–H and O–H groups in total. The van der Waals surface area contributed by atoms with Crippen LogP contribution in [0, 0.1) is 0 Å². The first-order chi connectivity index (χ1) is 13.7. The second-order valence-electron chi connectivity index (χ2n) is 6.00. The fourth-order valence-corrected chi connectivity index (χ4v) is 3.64. The quantitative estimate of drug-likeness (QED) is 0.511. The Bertz CT molecular complexity index is 919. The Hall–Kier alpha value is -2.88. The molecule has 29 heavy (non-hydrogen) atoms. The van der Waals surface area contributed by atoms with Crippen molar-refractivity contribution in [3.8, 4) is 5.75 Å². The third kappa shape index (κ3) is 4.58. The van der Waals surface area contributed by atoms with Gasteiger partial charge in [0.1, 0.15) is 5.75 Å². The van der Waals surface area contributed by atoms with Crippen LogP contribution in [0.4, 0.5) is 29.3 Å². The van der Waals surface area contributed by atoms with E-state index in [0.29, 0.717) is 22.0 Å². The first-order valence-electron chi connectivity index (χ1n) is 8.56. The summed E-state index contributed by atoms with van der Waals surface area (Å²) in [7, 11) is 1.55. The Morgan fingerprint density at radius 2 is 1.83 bits per heavy atom. The van der Waals surface area contributed by atoms with Gasteiger partial charge in [-0.25, -0.2) is 13.9 Å². The zero-order chi connectivity index (χ0) is 21.2. The number of esters is 1. The molecule has 1 aliphatic heterocycles. The van der Waals surface area contributed by atoms with Crippen LogP contribution in [0.5, 0.6) is 5.75 Å². The van der Waals surface area contributed by atoms with E-state index in [4.69, 9.17) is 9.47 Å². The van der Waals surface area contributed by atoms with Crippen LogP contribution in [-0.2, 0) is 15.7 Å². The number of rotatable bonds is 5. The zero-order valence-electron chi connectivity index (χ0n) is 15.5. The maximum Gasteiger partial charge on any atom is 0.416 e. The minimum absolute atomic E-state index is 0.250. The first-order valence-corrected chi connectivity index (χ1v) is 9.33. The molecule has 0 aliphatic carbocycles. The summed E-state index contributed by atoms with van der Waals surface area (Å²) in [5.41, 5.74) is 0.102. The van der Waals surface area contributed by atoms with Crippen molar-refractivity contribution in [3.63, 3.8) is 0 Å². The topological polar surface area (TPSA) is 59.1 Å². The molecule has 2 amide bonds. The molecule has 10 heteroatoms. The van der Waals surface area contributed by atoms with Crippen LogP contribution in [0.2, 0.25) is 0 Å². The molecule has 6 nitrogen and oxygen atoms in total. The number of hydrogen-bond donors (Lipinski definition) is 0. The highest BCUT2D eigenvalue weighted by Gasteiger charge is 2.33. The van der Waals surface area contributed by atoms with Gasteiger partial charge in [0.15, 0.2) is 6.61 Å². The van der Waals surface area contributed by atoms with E-state index in [1.807, 2.05) is 0 Å². The van der Waals surface area contributed by atoms with Gasteiger partial charge in [-0.2, -0.15) is 13.2 Å². The van der Waals surface area contributed by atoms with Gasteiger partial charge >= 0.3 is 18.2 Å². The Kier molecular flexibility index (Phi) is 5.92. The van der Waals surface area contributed by atoms with Crippen molar-refractivity contribution in [2.45, 2.75) is 18.0 Å². The van der Waals surface area contributed by atoms with Gasteiger partial charge in [0.25, 0.3) is 0 Å². The summed E-state index contributed by atoms with van der Waals surface area (Å²) >= 11 is 1.09. The monoisotopic (exact) mass is 426 g/mol. The molecular weight excluding hydrogens is 409 g/mol. The largest absolute Gasteiger partial charge is 0.482 e. The predicted octanol–water partition coefficient (Wildman–Crippen LogP) is 4.73. The number of amides is 2. The van der Waals surface area contributed by atoms with Gasteiger partial charge in [-0.3, -0.25) is 4.90 Å². The molecule has 0 saturated carbocycles. The molecule has 0 bridgehead atoms. The molecular formula is C19H17F3N2O4S. The normalized spacial score (nSPS) is 13.9. The third-order valence-corrected chi connectivity index (χ3v) is 5.12. The van der Waals surface area contributed by atoms with Crippen LogP contribution in [-0.4, -0.2) is 32.3 Å². The molecule has 3 rings (SSSR count). The lowest BCUT2D eigenvalue weighted by molar-refractivity contribution is -0.145. The smallest absolute Gasteiger partial charge is 0.416 e. The van der Waals surface area contributed by atoms with Crippen LogP contribution >= 0.6 is 11.9 Å². The highest BCUT2D eigenvalue weighted by Crippen LogP contribution is 2.43. The number of urea groups is 1. The molecule has 0 fully saturated rings. The van der Waals surface area contributed by atoms with Crippen molar-refractivity contribution in [1.82, 2.24) is 0 Å². The fraction of sp³-hybridized carbons (Fsp3) is 0.263. The van der Waals surface area contributed by atoms with E-state index < -0.39 is 23.7 Å². The number of ether oxygens (including phenoxy) is 2. The fourth-order valence-electron chi connectivity index (χ4n) is 2.60. The summed E-state index contributed by atoms with van der Waals surface area (Å²) in [6.45, 7) is 1.69. The van der Waals surface area contributed by atoms with E-state index in [1.54, 1.807) is 32.2 Å². The predicted molar refractivity (Wildman–Crippen MR) is 102 cm³/mol. The first kappa shape index (κ1) is 20.8. The van der Waals surface area contributed by atoms with Crippen molar-refractivity contribution in [2.75, 3.05) is 29.5 Å². The van der Waals surface area contributed by atoms with E-state index in [2.05, 4.69) is 0 Å². The van der Waals surface area contributed by atoms with Crippen molar-refractivity contribution in [1.29, 1.82) is 0 Å². The minimum atomic E-state index is -4.44. The molecule has 2 aromatic rings. The Balaban J connectivity index is 1.79. The molecule has 0 unspecified atom stereocenters.